The smallest absolute Gasteiger partial charge is 0.342 e. The van der Waals surface area contributed by atoms with Crippen LogP contribution in [0.25, 0.3) is 0 Å². The Kier molecular flexibility index (Phi) is 3.29. The number of hydrogen-bond acceptors (Lipinski definition) is 5. The summed E-state index contributed by atoms with van der Waals surface area (Å²) in [5.74, 6) is -0.627. The molecule has 7 heteroatoms. The van der Waals surface area contributed by atoms with E-state index in [1.54, 1.807) is 20.2 Å². The lowest BCUT2D eigenvalue weighted by Crippen LogP contribution is -2.08. The topological polar surface area (TPSA) is 64.9 Å². The predicted molar refractivity (Wildman–Crippen MR) is 58.0 cm³/mol. The van der Waals surface area contributed by atoms with E-state index < -0.39 is 5.82 Å². The standard InChI is InChI=1S/C10H12FN5O/c1-12-5-7-3-4-13-9(8(7)11)17-10-14-6-16(2)15-10/h3-4,6,12H,5H2,1-2H3. The van der Waals surface area contributed by atoms with Crippen LogP contribution in [0.4, 0.5) is 4.39 Å². The minimum Gasteiger partial charge on any atom is -0.401 e. The summed E-state index contributed by atoms with van der Waals surface area (Å²) >= 11 is 0. The Morgan fingerprint density at radius 2 is 2.29 bits per heavy atom. The summed E-state index contributed by atoms with van der Waals surface area (Å²) in [5.41, 5.74) is 0.480. The molecule has 0 atom stereocenters. The number of ether oxygens (including phenoxy) is 1. The van der Waals surface area contributed by atoms with E-state index in [9.17, 15) is 4.39 Å². The van der Waals surface area contributed by atoms with Crippen LogP contribution >= 0.6 is 0 Å². The van der Waals surface area contributed by atoms with Gasteiger partial charge in [-0.3, -0.25) is 4.68 Å². The van der Waals surface area contributed by atoms with Crippen LogP contribution in [-0.4, -0.2) is 26.8 Å². The van der Waals surface area contributed by atoms with Gasteiger partial charge in [0.25, 0.3) is 5.88 Å². The zero-order valence-electron chi connectivity index (χ0n) is 9.51. The summed E-state index contributed by atoms with van der Waals surface area (Å²) < 4.78 is 20.5. The first-order valence-electron chi connectivity index (χ1n) is 5.02. The number of hydrogen-bond donors (Lipinski definition) is 1. The molecule has 0 aliphatic rings. The van der Waals surface area contributed by atoms with Crippen LogP contribution in [0.1, 0.15) is 5.56 Å². The lowest BCUT2D eigenvalue weighted by Gasteiger charge is -2.05. The van der Waals surface area contributed by atoms with Gasteiger partial charge in [-0.15, -0.1) is 5.10 Å². The molecule has 0 spiro atoms. The molecule has 0 fully saturated rings. The van der Waals surface area contributed by atoms with Crippen molar-refractivity contribution in [1.29, 1.82) is 0 Å². The van der Waals surface area contributed by atoms with E-state index in [2.05, 4.69) is 20.4 Å². The molecule has 6 nitrogen and oxygen atoms in total. The molecule has 0 amide bonds. The van der Waals surface area contributed by atoms with Gasteiger partial charge in [0.05, 0.1) is 0 Å². The minimum absolute atomic E-state index is 0.0699. The molecule has 0 saturated carbocycles. The summed E-state index contributed by atoms with van der Waals surface area (Å²) in [6, 6.07) is 1.66. The summed E-state index contributed by atoms with van der Waals surface area (Å²) in [5, 5.41) is 6.75. The fourth-order valence-electron chi connectivity index (χ4n) is 1.31. The Hall–Kier alpha value is -2.02. The van der Waals surface area contributed by atoms with Gasteiger partial charge in [-0.25, -0.2) is 9.37 Å². The highest BCUT2D eigenvalue weighted by Crippen LogP contribution is 2.21. The Morgan fingerprint density at radius 1 is 1.47 bits per heavy atom. The van der Waals surface area contributed by atoms with Crippen molar-refractivity contribution in [2.45, 2.75) is 6.54 Å². The highest BCUT2D eigenvalue weighted by atomic mass is 19.1. The van der Waals surface area contributed by atoms with Crippen molar-refractivity contribution in [3.05, 3.63) is 30.0 Å². The van der Waals surface area contributed by atoms with E-state index in [0.717, 1.165) is 0 Å². The highest BCUT2D eigenvalue weighted by molar-refractivity contribution is 5.25. The zero-order valence-corrected chi connectivity index (χ0v) is 9.51. The van der Waals surface area contributed by atoms with Gasteiger partial charge in [-0.1, -0.05) is 0 Å². The van der Waals surface area contributed by atoms with Crippen molar-refractivity contribution < 1.29 is 9.13 Å². The Balaban J connectivity index is 2.23. The van der Waals surface area contributed by atoms with E-state index in [-0.39, 0.29) is 11.9 Å². The molecule has 0 saturated heterocycles. The van der Waals surface area contributed by atoms with Gasteiger partial charge in [0.2, 0.25) is 0 Å². The van der Waals surface area contributed by atoms with Gasteiger partial charge in [0.15, 0.2) is 5.82 Å². The van der Waals surface area contributed by atoms with Gasteiger partial charge < -0.3 is 10.1 Å². The predicted octanol–water partition coefficient (Wildman–Crippen LogP) is 0.861. The molecule has 90 valence electrons. The molecule has 2 heterocycles. The number of rotatable bonds is 4. The van der Waals surface area contributed by atoms with Crippen LogP contribution in [0, 0.1) is 5.82 Å². The van der Waals surface area contributed by atoms with Crippen LogP contribution in [0.15, 0.2) is 18.6 Å². The SMILES string of the molecule is CNCc1ccnc(Oc2ncn(C)n2)c1F. The van der Waals surface area contributed by atoms with E-state index in [4.69, 9.17) is 4.74 Å². The number of nitrogens with zero attached hydrogens (tertiary/aromatic N) is 4. The fourth-order valence-corrected chi connectivity index (χ4v) is 1.31. The van der Waals surface area contributed by atoms with Crippen molar-refractivity contribution in [2.75, 3.05) is 7.05 Å². The second kappa shape index (κ2) is 4.88. The van der Waals surface area contributed by atoms with Gasteiger partial charge in [0.1, 0.15) is 6.33 Å². The van der Waals surface area contributed by atoms with Crippen molar-refractivity contribution in [3.63, 3.8) is 0 Å². The molecular weight excluding hydrogens is 225 g/mol. The second-order valence-corrected chi connectivity index (χ2v) is 3.42. The fraction of sp³-hybridized carbons (Fsp3) is 0.300. The third kappa shape index (κ3) is 2.56. The molecule has 2 rings (SSSR count). The minimum atomic E-state index is -0.505. The van der Waals surface area contributed by atoms with Gasteiger partial charge in [-0.05, 0) is 13.1 Å². The van der Waals surface area contributed by atoms with Crippen LogP contribution in [0.3, 0.4) is 0 Å². The van der Waals surface area contributed by atoms with Crippen molar-refractivity contribution in [3.8, 4) is 11.9 Å². The molecule has 0 unspecified atom stereocenters. The average Bonchev–Trinajstić information content (AvgIpc) is 2.70. The molecule has 1 N–H and O–H groups in total. The Labute approximate surface area is 97.5 Å². The van der Waals surface area contributed by atoms with Crippen molar-refractivity contribution in [2.24, 2.45) is 7.05 Å². The molecule has 17 heavy (non-hydrogen) atoms. The normalized spacial score (nSPS) is 10.5. The molecule has 0 aromatic carbocycles. The first-order chi connectivity index (χ1) is 8.20. The van der Waals surface area contributed by atoms with Crippen LogP contribution in [-0.2, 0) is 13.6 Å². The molecule has 0 aliphatic carbocycles. The summed E-state index contributed by atoms with van der Waals surface area (Å²) in [6.07, 6.45) is 2.94. The third-order valence-electron chi connectivity index (χ3n) is 2.07. The van der Waals surface area contributed by atoms with Gasteiger partial charge in [0, 0.05) is 25.4 Å². The summed E-state index contributed by atoms with van der Waals surface area (Å²) in [6.45, 7) is 0.403. The average molecular weight is 237 g/mol. The van der Waals surface area contributed by atoms with E-state index in [0.29, 0.717) is 12.1 Å². The van der Waals surface area contributed by atoms with E-state index >= 15 is 0 Å². The molecule has 2 aromatic heterocycles. The second-order valence-electron chi connectivity index (χ2n) is 3.42. The number of pyridine rings is 1. The molecule has 0 radical (unpaired) electrons. The van der Waals surface area contributed by atoms with Crippen molar-refractivity contribution >= 4 is 0 Å². The maximum absolute atomic E-state index is 13.9. The maximum atomic E-state index is 13.9. The van der Waals surface area contributed by atoms with Gasteiger partial charge in [-0.2, -0.15) is 4.98 Å². The van der Waals surface area contributed by atoms with Crippen LogP contribution < -0.4 is 10.1 Å². The highest BCUT2D eigenvalue weighted by Gasteiger charge is 2.12. The van der Waals surface area contributed by atoms with E-state index in [1.807, 2.05) is 0 Å². The third-order valence-corrected chi connectivity index (χ3v) is 2.07. The number of nitrogens with one attached hydrogen (secondary N) is 1. The number of aryl methyl sites for hydroxylation is 1. The van der Waals surface area contributed by atoms with Crippen molar-refractivity contribution in [1.82, 2.24) is 25.1 Å². The lowest BCUT2D eigenvalue weighted by molar-refractivity contribution is 0.388. The first kappa shape index (κ1) is 11.5. The Bertz CT molecular complexity index is 513. The largest absolute Gasteiger partial charge is 0.401 e. The van der Waals surface area contributed by atoms with Gasteiger partial charge >= 0.3 is 6.01 Å². The monoisotopic (exact) mass is 237 g/mol. The number of aromatic nitrogens is 4. The lowest BCUT2D eigenvalue weighted by atomic mass is 10.2. The number of halogens is 1. The molecule has 0 bridgehead atoms. The van der Waals surface area contributed by atoms with Crippen LogP contribution in [0.5, 0.6) is 11.9 Å². The quantitative estimate of drug-likeness (QED) is 0.854. The van der Waals surface area contributed by atoms with E-state index in [1.165, 1.54) is 17.2 Å². The Morgan fingerprint density at radius 3 is 2.94 bits per heavy atom. The summed E-state index contributed by atoms with van der Waals surface area (Å²) in [7, 11) is 3.43. The molecule has 0 aliphatic heterocycles. The zero-order chi connectivity index (χ0) is 12.3. The maximum Gasteiger partial charge on any atom is 0.342 e. The first-order valence-corrected chi connectivity index (χ1v) is 5.02. The molecular formula is C10H12FN5O. The molecule has 2 aromatic rings. The summed E-state index contributed by atoms with van der Waals surface area (Å²) in [4.78, 5) is 7.65. The van der Waals surface area contributed by atoms with Crippen LogP contribution in [0.2, 0.25) is 0 Å².